The van der Waals surface area contributed by atoms with Crippen LogP contribution < -0.4 is 10.0 Å². The number of nitrogens with one attached hydrogen (secondary N) is 2. The Hall–Kier alpha value is -2.94. The maximum atomic E-state index is 13.3. The molecular formula is C26H34N4O4S. The van der Waals surface area contributed by atoms with Gasteiger partial charge in [-0.15, -0.1) is 0 Å². The Balaban J connectivity index is 1.66. The van der Waals surface area contributed by atoms with Gasteiger partial charge in [-0.3, -0.25) is 14.3 Å². The number of aryl methyl sites for hydroxylation is 2. The van der Waals surface area contributed by atoms with Crippen molar-refractivity contribution in [2.45, 2.75) is 83.1 Å². The summed E-state index contributed by atoms with van der Waals surface area (Å²) in [5.41, 5.74) is 2.19. The number of benzene rings is 1. The molecule has 1 aromatic carbocycles. The van der Waals surface area contributed by atoms with E-state index < -0.39 is 32.6 Å². The summed E-state index contributed by atoms with van der Waals surface area (Å²) in [6, 6.07) is 7.56. The minimum absolute atomic E-state index is 0.150. The molecule has 1 atom stereocenters. The van der Waals surface area contributed by atoms with Crippen molar-refractivity contribution in [2.75, 3.05) is 0 Å². The second-order valence-corrected chi connectivity index (χ2v) is 11.9. The average Bonchev–Trinajstić information content (AvgIpc) is 3.56. The first kappa shape index (κ1) is 25.2. The standard InChI is InChI=1S/C26H34N4O4S/c1-4-5-6-7-14-30-17-20(16-27-30)26(3)15-22(19-10-8-18(2)9-11-19)23(24(31)28-26)25(32)29-35(33,34)21-12-13-21/h8-11,16-17,21H,4-7,12-15H2,1-3H3,(H,28,31)(H,29,32)/t26-/m0/s1. The number of sulfonamides is 1. The minimum atomic E-state index is -3.79. The maximum Gasteiger partial charge on any atom is 0.270 e. The molecule has 188 valence electrons. The Morgan fingerprint density at radius 3 is 2.57 bits per heavy atom. The summed E-state index contributed by atoms with van der Waals surface area (Å²) in [5, 5.41) is 6.89. The molecule has 1 aliphatic heterocycles. The number of rotatable bonds is 10. The summed E-state index contributed by atoms with van der Waals surface area (Å²) in [6.07, 6.45) is 9.62. The van der Waals surface area contributed by atoms with E-state index in [-0.39, 0.29) is 5.57 Å². The molecule has 0 unspecified atom stereocenters. The fourth-order valence-electron chi connectivity index (χ4n) is 4.47. The molecule has 1 aromatic heterocycles. The van der Waals surface area contributed by atoms with Crippen LogP contribution in [0.2, 0.25) is 0 Å². The van der Waals surface area contributed by atoms with Crippen LogP contribution in [0, 0.1) is 6.92 Å². The lowest BCUT2D eigenvalue weighted by atomic mass is 9.79. The number of aromatic nitrogens is 2. The van der Waals surface area contributed by atoms with Gasteiger partial charge in [0.15, 0.2) is 0 Å². The number of carbonyl (C=O) groups is 2. The van der Waals surface area contributed by atoms with Gasteiger partial charge in [-0.05, 0) is 44.2 Å². The molecule has 2 amide bonds. The molecule has 35 heavy (non-hydrogen) atoms. The van der Waals surface area contributed by atoms with E-state index in [9.17, 15) is 18.0 Å². The van der Waals surface area contributed by atoms with Gasteiger partial charge in [0.2, 0.25) is 10.0 Å². The van der Waals surface area contributed by atoms with Crippen molar-refractivity contribution < 1.29 is 18.0 Å². The Morgan fingerprint density at radius 2 is 1.91 bits per heavy atom. The number of hydrogen-bond acceptors (Lipinski definition) is 5. The van der Waals surface area contributed by atoms with Crippen LogP contribution >= 0.6 is 0 Å². The first-order valence-corrected chi connectivity index (χ1v) is 13.9. The van der Waals surface area contributed by atoms with Crippen LogP contribution in [-0.4, -0.2) is 35.3 Å². The molecular weight excluding hydrogens is 464 g/mol. The van der Waals surface area contributed by atoms with Crippen LogP contribution in [0.25, 0.3) is 5.57 Å². The average molecular weight is 499 g/mol. The predicted octanol–water partition coefficient (Wildman–Crippen LogP) is 3.57. The van der Waals surface area contributed by atoms with Crippen molar-refractivity contribution in [1.82, 2.24) is 19.8 Å². The lowest BCUT2D eigenvalue weighted by molar-refractivity contribution is -0.124. The van der Waals surface area contributed by atoms with Crippen LogP contribution in [0.5, 0.6) is 0 Å². The third-order valence-corrected chi connectivity index (χ3v) is 8.60. The van der Waals surface area contributed by atoms with Crippen molar-refractivity contribution in [2.24, 2.45) is 0 Å². The second-order valence-electron chi connectivity index (χ2n) is 9.91. The largest absolute Gasteiger partial charge is 0.342 e. The lowest BCUT2D eigenvalue weighted by Crippen LogP contribution is -2.50. The predicted molar refractivity (Wildman–Crippen MR) is 135 cm³/mol. The summed E-state index contributed by atoms with van der Waals surface area (Å²) in [6.45, 7) is 6.85. The van der Waals surface area contributed by atoms with Crippen LogP contribution in [-0.2, 0) is 31.7 Å². The Kier molecular flexibility index (Phi) is 7.17. The SMILES string of the molecule is CCCCCCn1cc([C@]2(C)CC(c3ccc(C)cc3)=C(C(=O)NS(=O)(=O)C3CC3)C(=O)N2)cn1. The summed E-state index contributed by atoms with van der Waals surface area (Å²) < 4.78 is 28.9. The molecule has 2 heterocycles. The monoisotopic (exact) mass is 498 g/mol. The van der Waals surface area contributed by atoms with Gasteiger partial charge < -0.3 is 5.32 Å². The van der Waals surface area contributed by atoms with Gasteiger partial charge >= 0.3 is 0 Å². The zero-order valence-corrected chi connectivity index (χ0v) is 21.5. The third kappa shape index (κ3) is 5.66. The topological polar surface area (TPSA) is 110 Å². The van der Waals surface area contributed by atoms with Gasteiger partial charge in [0.1, 0.15) is 5.57 Å². The van der Waals surface area contributed by atoms with Crippen molar-refractivity contribution in [3.05, 3.63) is 58.9 Å². The van der Waals surface area contributed by atoms with Gasteiger partial charge in [0.25, 0.3) is 11.8 Å². The number of hydrogen-bond donors (Lipinski definition) is 2. The van der Waals surface area contributed by atoms with Crippen molar-refractivity contribution in [3.63, 3.8) is 0 Å². The Bertz CT molecular complexity index is 1240. The summed E-state index contributed by atoms with van der Waals surface area (Å²) in [5.74, 6) is -1.47. The maximum absolute atomic E-state index is 13.3. The molecule has 2 N–H and O–H groups in total. The molecule has 2 aliphatic rings. The summed E-state index contributed by atoms with van der Waals surface area (Å²) in [7, 11) is -3.79. The number of nitrogens with zero attached hydrogens (tertiary/aromatic N) is 2. The Labute approximate surface area is 207 Å². The van der Waals surface area contributed by atoms with Crippen molar-refractivity contribution in [1.29, 1.82) is 0 Å². The highest BCUT2D eigenvalue weighted by Crippen LogP contribution is 2.39. The number of carbonyl (C=O) groups excluding carboxylic acids is 2. The smallest absolute Gasteiger partial charge is 0.270 e. The van der Waals surface area contributed by atoms with Crippen LogP contribution in [0.15, 0.2) is 42.2 Å². The minimum Gasteiger partial charge on any atom is -0.342 e. The van der Waals surface area contributed by atoms with Gasteiger partial charge in [-0.2, -0.15) is 5.10 Å². The van der Waals surface area contributed by atoms with E-state index in [1.807, 2.05) is 49.0 Å². The highest BCUT2D eigenvalue weighted by atomic mass is 32.2. The first-order chi connectivity index (χ1) is 16.6. The molecule has 4 rings (SSSR count). The molecule has 0 radical (unpaired) electrons. The molecule has 0 saturated heterocycles. The van der Waals surface area contributed by atoms with Crippen LogP contribution in [0.4, 0.5) is 0 Å². The zero-order chi connectivity index (χ0) is 25.2. The molecule has 8 nitrogen and oxygen atoms in total. The normalized spacial score (nSPS) is 20.6. The molecule has 1 fully saturated rings. The molecule has 9 heteroatoms. The first-order valence-electron chi connectivity index (χ1n) is 12.3. The molecule has 0 spiro atoms. The summed E-state index contributed by atoms with van der Waals surface area (Å²) in [4.78, 5) is 26.5. The van der Waals surface area contributed by atoms with E-state index in [1.165, 1.54) is 12.8 Å². The molecule has 2 aromatic rings. The molecule has 1 saturated carbocycles. The highest BCUT2D eigenvalue weighted by Gasteiger charge is 2.43. The third-order valence-electron chi connectivity index (χ3n) is 6.78. The number of amides is 2. The molecule has 0 bridgehead atoms. The van der Waals surface area contributed by atoms with Crippen molar-refractivity contribution >= 4 is 27.4 Å². The quantitative estimate of drug-likeness (QED) is 0.384. The van der Waals surface area contributed by atoms with Crippen molar-refractivity contribution in [3.8, 4) is 0 Å². The molecule has 1 aliphatic carbocycles. The van der Waals surface area contributed by atoms with Gasteiger partial charge in [-0.1, -0.05) is 56.0 Å². The van der Waals surface area contributed by atoms with Gasteiger partial charge in [0.05, 0.1) is 17.0 Å². The Morgan fingerprint density at radius 1 is 1.20 bits per heavy atom. The lowest BCUT2D eigenvalue weighted by Gasteiger charge is -2.36. The fraction of sp³-hybridized carbons (Fsp3) is 0.500. The second kappa shape index (κ2) is 9.97. The van der Waals surface area contributed by atoms with Crippen LogP contribution in [0.1, 0.15) is 75.5 Å². The highest BCUT2D eigenvalue weighted by molar-refractivity contribution is 7.91. The fourth-order valence-corrected chi connectivity index (χ4v) is 5.75. The van der Waals surface area contributed by atoms with E-state index in [2.05, 4.69) is 22.1 Å². The summed E-state index contributed by atoms with van der Waals surface area (Å²) >= 11 is 0. The van der Waals surface area contributed by atoms with Gasteiger partial charge in [0, 0.05) is 24.7 Å². The van der Waals surface area contributed by atoms with E-state index >= 15 is 0 Å². The van der Waals surface area contributed by atoms with E-state index in [0.717, 1.165) is 36.1 Å². The van der Waals surface area contributed by atoms with Crippen LogP contribution in [0.3, 0.4) is 0 Å². The zero-order valence-electron chi connectivity index (χ0n) is 20.6. The van der Waals surface area contributed by atoms with Gasteiger partial charge in [-0.25, -0.2) is 13.1 Å². The van der Waals surface area contributed by atoms with E-state index in [4.69, 9.17) is 0 Å². The van der Waals surface area contributed by atoms with E-state index in [0.29, 0.717) is 24.8 Å². The number of unbranched alkanes of at least 4 members (excludes halogenated alkanes) is 3. The van der Waals surface area contributed by atoms with E-state index in [1.54, 1.807) is 6.20 Å².